The van der Waals surface area contributed by atoms with E-state index in [1.165, 1.54) is 0 Å². The van der Waals surface area contributed by atoms with Gasteiger partial charge in [0.1, 0.15) is 5.58 Å². The second kappa shape index (κ2) is 4.98. The monoisotopic (exact) mass is 382 g/mol. The van der Waals surface area contributed by atoms with E-state index in [0.29, 0.717) is 16.2 Å². The zero-order valence-corrected chi connectivity index (χ0v) is 12.6. The number of hydrogen-bond donors (Lipinski definition) is 0. The molecule has 0 aliphatic rings. The number of halogens is 2. The maximum absolute atomic E-state index is 12.0. The lowest BCUT2D eigenvalue weighted by molar-refractivity contribution is 0.563. The van der Waals surface area contributed by atoms with Crippen molar-refractivity contribution in [1.29, 1.82) is 0 Å². The summed E-state index contributed by atoms with van der Waals surface area (Å²) in [6, 6.07) is 14.7. The van der Waals surface area contributed by atoms with Crippen molar-refractivity contribution in [2.24, 2.45) is 0 Å². The first-order valence-corrected chi connectivity index (χ1v) is 7.08. The van der Waals surface area contributed by atoms with Gasteiger partial charge >= 0.3 is 5.63 Å². The summed E-state index contributed by atoms with van der Waals surface area (Å²) in [6.07, 6.45) is 0. The molecule has 3 rings (SSSR count). The molecule has 0 saturated carbocycles. The highest BCUT2D eigenvalue weighted by atomic mass is 127. The molecule has 2 aromatic carbocycles. The van der Waals surface area contributed by atoms with Crippen LogP contribution in [0.2, 0.25) is 5.02 Å². The minimum atomic E-state index is -0.337. The number of benzene rings is 2. The van der Waals surface area contributed by atoms with Crippen LogP contribution in [0, 0.1) is 3.57 Å². The van der Waals surface area contributed by atoms with Crippen molar-refractivity contribution < 1.29 is 4.42 Å². The summed E-state index contributed by atoms with van der Waals surface area (Å²) in [5.41, 5.74) is 1.60. The number of rotatable bonds is 1. The van der Waals surface area contributed by atoms with E-state index >= 15 is 0 Å². The fourth-order valence-corrected chi connectivity index (χ4v) is 2.47. The minimum Gasteiger partial charge on any atom is -0.422 e. The van der Waals surface area contributed by atoms with Crippen LogP contribution in [0.3, 0.4) is 0 Å². The molecule has 94 valence electrons. The summed E-state index contributed by atoms with van der Waals surface area (Å²) in [6.45, 7) is 0. The maximum atomic E-state index is 12.0. The smallest absolute Gasteiger partial charge is 0.344 e. The summed E-state index contributed by atoms with van der Waals surface area (Å²) in [7, 11) is 0. The van der Waals surface area contributed by atoms with E-state index in [4.69, 9.17) is 16.0 Å². The Morgan fingerprint density at radius 2 is 1.74 bits per heavy atom. The number of fused-ring (bicyclic) bond motifs is 1. The third-order valence-corrected chi connectivity index (χ3v) is 3.80. The van der Waals surface area contributed by atoms with Crippen LogP contribution in [0.5, 0.6) is 0 Å². The van der Waals surface area contributed by atoms with Crippen molar-refractivity contribution in [2.45, 2.75) is 0 Å². The summed E-state index contributed by atoms with van der Waals surface area (Å²) >= 11 is 8.18. The van der Waals surface area contributed by atoms with E-state index in [1.807, 2.05) is 30.3 Å². The van der Waals surface area contributed by atoms with Crippen LogP contribution in [0.4, 0.5) is 0 Å². The third-order valence-electron chi connectivity index (χ3n) is 2.85. The summed E-state index contributed by atoms with van der Waals surface area (Å²) < 4.78 is 6.44. The Hall–Kier alpha value is -1.33. The second-order valence-corrected chi connectivity index (χ2v) is 5.82. The Kier molecular flexibility index (Phi) is 3.33. The molecular weight excluding hydrogens is 375 g/mol. The van der Waals surface area contributed by atoms with Crippen molar-refractivity contribution in [3.8, 4) is 11.1 Å². The first kappa shape index (κ1) is 12.7. The van der Waals surface area contributed by atoms with Crippen molar-refractivity contribution in [2.75, 3.05) is 0 Å². The average molecular weight is 383 g/mol. The Morgan fingerprint density at radius 3 is 2.47 bits per heavy atom. The van der Waals surface area contributed by atoms with Crippen molar-refractivity contribution >= 4 is 45.2 Å². The second-order valence-electron chi connectivity index (χ2n) is 4.14. The molecule has 3 aromatic rings. The van der Waals surface area contributed by atoms with E-state index in [1.54, 1.807) is 18.2 Å². The standard InChI is InChI=1S/C15H8ClIO2/c16-11-3-6-14-10(7-11)8-13(15(18)19-14)9-1-4-12(17)5-2-9/h1-8H. The summed E-state index contributed by atoms with van der Waals surface area (Å²) in [5, 5.41) is 1.44. The van der Waals surface area contributed by atoms with Gasteiger partial charge in [-0.1, -0.05) is 23.7 Å². The largest absolute Gasteiger partial charge is 0.422 e. The van der Waals surface area contributed by atoms with Crippen molar-refractivity contribution in [3.05, 3.63) is 67.5 Å². The molecule has 0 aliphatic heterocycles. The van der Waals surface area contributed by atoms with Crippen LogP contribution in [0.1, 0.15) is 0 Å². The predicted octanol–water partition coefficient (Wildman–Crippen LogP) is 4.72. The van der Waals surface area contributed by atoms with Gasteiger partial charge in [0, 0.05) is 14.0 Å². The molecule has 19 heavy (non-hydrogen) atoms. The first-order valence-electron chi connectivity index (χ1n) is 5.63. The van der Waals surface area contributed by atoms with E-state index in [-0.39, 0.29) is 5.63 Å². The van der Waals surface area contributed by atoms with Crippen LogP contribution in [-0.4, -0.2) is 0 Å². The normalized spacial score (nSPS) is 10.8. The highest BCUT2D eigenvalue weighted by Crippen LogP contribution is 2.24. The molecule has 2 nitrogen and oxygen atoms in total. The molecule has 0 saturated heterocycles. The quantitative estimate of drug-likeness (QED) is 0.450. The average Bonchev–Trinajstić information content (AvgIpc) is 2.40. The van der Waals surface area contributed by atoms with Gasteiger partial charge < -0.3 is 4.42 Å². The lowest BCUT2D eigenvalue weighted by Crippen LogP contribution is -2.02. The number of hydrogen-bond acceptors (Lipinski definition) is 2. The topological polar surface area (TPSA) is 30.2 Å². The van der Waals surface area contributed by atoms with Crippen LogP contribution in [-0.2, 0) is 0 Å². The maximum Gasteiger partial charge on any atom is 0.344 e. The molecule has 0 fully saturated rings. The molecule has 0 aliphatic carbocycles. The highest BCUT2D eigenvalue weighted by Gasteiger charge is 2.08. The minimum absolute atomic E-state index is 0.337. The van der Waals surface area contributed by atoms with Crippen LogP contribution >= 0.6 is 34.2 Å². The fourth-order valence-electron chi connectivity index (χ4n) is 1.92. The molecule has 4 heteroatoms. The van der Waals surface area contributed by atoms with Gasteiger partial charge in [-0.3, -0.25) is 0 Å². The SMILES string of the molecule is O=c1oc2ccc(Cl)cc2cc1-c1ccc(I)cc1. The Morgan fingerprint density at radius 1 is 1.00 bits per heavy atom. The van der Waals surface area contributed by atoms with Gasteiger partial charge in [-0.15, -0.1) is 0 Å². The van der Waals surface area contributed by atoms with Crippen LogP contribution < -0.4 is 5.63 Å². The molecule has 0 radical (unpaired) electrons. The third kappa shape index (κ3) is 2.53. The Balaban J connectivity index is 2.26. The Labute approximate surface area is 128 Å². The van der Waals surface area contributed by atoms with Gasteiger partial charge in [-0.2, -0.15) is 0 Å². The Bertz CT molecular complexity index is 806. The van der Waals surface area contributed by atoms with Gasteiger partial charge in [0.2, 0.25) is 0 Å². The molecule has 0 unspecified atom stereocenters. The lowest BCUT2D eigenvalue weighted by Gasteiger charge is -2.03. The zero-order chi connectivity index (χ0) is 13.4. The molecule has 1 aromatic heterocycles. The van der Waals surface area contributed by atoms with E-state index in [9.17, 15) is 4.79 Å². The van der Waals surface area contributed by atoms with Gasteiger partial charge in [-0.05, 0) is 64.6 Å². The van der Waals surface area contributed by atoms with E-state index < -0.39 is 0 Å². The van der Waals surface area contributed by atoms with E-state index in [0.717, 1.165) is 14.5 Å². The van der Waals surface area contributed by atoms with Gasteiger partial charge in [0.25, 0.3) is 0 Å². The van der Waals surface area contributed by atoms with E-state index in [2.05, 4.69) is 22.6 Å². The lowest BCUT2D eigenvalue weighted by atomic mass is 10.1. The highest BCUT2D eigenvalue weighted by molar-refractivity contribution is 14.1. The van der Waals surface area contributed by atoms with Crippen molar-refractivity contribution in [3.63, 3.8) is 0 Å². The molecule has 0 bridgehead atoms. The molecular formula is C15H8ClIO2. The zero-order valence-electron chi connectivity index (χ0n) is 9.69. The van der Waals surface area contributed by atoms with Gasteiger partial charge in [-0.25, -0.2) is 4.79 Å². The van der Waals surface area contributed by atoms with Gasteiger partial charge in [0.05, 0.1) is 5.56 Å². The molecule has 0 amide bonds. The van der Waals surface area contributed by atoms with Crippen molar-refractivity contribution in [1.82, 2.24) is 0 Å². The van der Waals surface area contributed by atoms with Crippen LogP contribution in [0.15, 0.2) is 57.7 Å². The molecule has 0 atom stereocenters. The molecule has 0 spiro atoms. The first-order chi connectivity index (χ1) is 9.13. The summed E-state index contributed by atoms with van der Waals surface area (Å²) in [4.78, 5) is 12.0. The fraction of sp³-hybridized carbons (Fsp3) is 0. The van der Waals surface area contributed by atoms with Gasteiger partial charge in [0.15, 0.2) is 0 Å². The molecule has 1 heterocycles. The van der Waals surface area contributed by atoms with Crippen LogP contribution in [0.25, 0.3) is 22.1 Å². The molecule has 0 N–H and O–H groups in total. The summed E-state index contributed by atoms with van der Waals surface area (Å²) in [5.74, 6) is 0. The predicted molar refractivity (Wildman–Crippen MR) is 85.6 cm³/mol.